The van der Waals surface area contributed by atoms with Crippen molar-refractivity contribution in [2.45, 2.75) is 303 Å². The van der Waals surface area contributed by atoms with Crippen molar-refractivity contribution in [1.29, 1.82) is 0 Å². The molecule has 3 unspecified atom stereocenters. The van der Waals surface area contributed by atoms with Gasteiger partial charge in [0.25, 0.3) is 0 Å². The van der Waals surface area contributed by atoms with E-state index in [2.05, 4.69) is 160 Å². The molecule has 0 radical (unpaired) electrons. The molecule has 0 spiro atoms. The Kier molecular flexibility index (Phi) is 63.7. The third-order valence-electron chi connectivity index (χ3n) is 15.3. The van der Waals surface area contributed by atoms with E-state index < -0.39 is 20.0 Å². The number of allylic oxidation sites excluding steroid dienone is 23. The molecule has 0 aliphatic carbocycles. The molecule has 89 heavy (non-hydrogen) atoms. The Morgan fingerprint density at radius 1 is 0.404 bits per heavy atom. The van der Waals surface area contributed by atoms with E-state index in [4.69, 9.17) is 13.8 Å². The van der Waals surface area contributed by atoms with Crippen LogP contribution < -0.4 is 5.32 Å². The van der Waals surface area contributed by atoms with E-state index in [9.17, 15) is 19.0 Å². The molecule has 0 aromatic rings. The molecule has 0 aliphatic heterocycles. The van der Waals surface area contributed by atoms with E-state index in [1.165, 1.54) is 103 Å². The standard InChI is InChI=1S/C79H135N2O7P/c1-7-10-13-16-19-22-25-28-30-32-34-36-38-39-40-41-43-44-46-48-50-53-56-59-62-65-68-71-78(82)80-76(75-87-89(84,85)86-74-73-81(4,5)6)77(70-67-64-61-58-55-52-27-24-21-18-15-12-9-3)88-79(83)72-69-66-63-60-57-54-51-49-47-45-42-37-35-33-31-29-26-23-20-17-14-11-8-2/h10-11,13-14,19-20,22-23,28-31,34-37,39-40,45,47,51,54,67,70,76-77H,7-9,12,15-18,21,24-27,32-33,38,41-44,46,48-50,52-53,55-66,68-69,71-75H2,1-6H3,(H-,80,82,84,85)/p+1/b13-10-,14-11-,22-19-,23-20-,30-28-,31-29-,36-34-,37-35-,40-39-,47-45-,54-51-,70-67-. The molecule has 508 valence electrons. The molecule has 0 aromatic heterocycles. The summed E-state index contributed by atoms with van der Waals surface area (Å²) in [5, 5.41) is 3.06. The van der Waals surface area contributed by atoms with Crippen LogP contribution in [0.15, 0.2) is 146 Å². The molecule has 0 bridgehead atoms. The maximum atomic E-state index is 13.6. The lowest BCUT2D eigenvalue weighted by atomic mass is 10.0. The summed E-state index contributed by atoms with van der Waals surface area (Å²) in [6.07, 6.45) is 97.1. The first kappa shape index (κ1) is 84.9. The van der Waals surface area contributed by atoms with Crippen LogP contribution in [0.25, 0.3) is 0 Å². The van der Waals surface area contributed by atoms with Gasteiger partial charge in [-0.05, 0) is 128 Å². The minimum atomic E-state index is -4.47. The fourth-order valence-corrected chi connectivity index (χ4v) is 10.5. The first-order chi connectivity index (χ1) is 43.4. The summed E-state index contributed by atoms with van der Waals surface area (Å²) in [5.74, 6) is -0.542. The molecule has 0 heterocycles. The van der Waals surface area contributed by atoms with Crippen molar-refractivity contribution in [3.8, 4) is 0 Å². The zero-order valence-corrected chi connectivity index (χ0v) is 59.0. The number of amides is 1. The molecule has 0 fully saturated rings. The highest BCUT2D eigenvalue weighted by molar-refractivity contribution is 7.47. The lowest BCUT2D eigenvalue weighted by molar-refractivity contribution is -0.870. The van der Waals surface area contributed by atoms with Crippen LogP contribution in [0.2, 0.25) is 0 Å². The summed E-state index contributed by atoms with van der Waals surface area (Å²) in [4.78, 5) is 38.0. The maximum Gasteiger partial charge on any atom is 0.472 e. The number of likely N-dealkylation sites (N-methyl/N-ethyl adjacent to an activating group) is 1. The van der Waals surface area contributed by atoms with E-state index in [0.717, 1.165) is 148 Å². The summed E-state index contributed by atoms with van der Waals surface area (Å²) >= 11 is 0. The van der Waals surface area contributed by atoms with E-state index in [0.29, 0.717) is 23.9 Å². The van der Waals surface area contributed by atoms with Gasteiger partial charge in [-0.15, -0.1) is 0 Å². The molecule has 10 heteroatoms. The van der Waals surface area contributed by atoms with Crippen LogP contribution >= 0.6 is 7.82 Å². The second-order valence-corrected chi connectivity index (χ2v) is 26.4. The summed E-state index contributed by atoms with van der Waals surface area (Å²) in [7, 11) is 1.46. The Morgan fingerprint density at radius 2 is 0.719 bits per heavy atom. The van der Waals surface area contributed by atoms with Crippen molar-refractivity contribution in [3.63, 3.8) is 0 Å². The monoisotopic (exact) mass is 1260 g/mol. The zero-order chi connectivity index (χ0) is 64.9. The first-order valence-electron chi connectivity index (χ1n) is 36.2. The summed E-state index contributed by atoms with van der Waals surface area (Å²) in [5.41, 5.74) is 0. The number of rotatable bonds is 64. The Hall–Kier alpha value is -4.11. The van der Waals surface area contributed by atoms with Crippen molar-refractivity contribution in [1.82, 2.24) is 5.32 Å². The van der Waals surface area contributed by atoms with Crippen molar-refractivity contribution in [2.75, 3.05) is 40.9 Å². The van der Waals surface area contributed by atoms with Crippen molar-refractivity contribution >= 4 is 19.7 Å². The number of hydrogen-bond donors (Lipinski definition) is 2. The summed E-state index contributed by atoms with van der Waals surface area (Å²) in [6, 6.07) is -0.873. The molecule has 3 atom stereocenters. The van der Waals surface area contributed by atoms with Gasteiger partial charge in [-0.3, -0.25) is 18.6 Å². The normalized spacial score (nSPS) is 14.4. The van der Waals surface area contributed by atoms with E-state index in [1.54, 1.807) is 0 Å². The molecule has 1 amide bonds. The minimum Gasteiger partial charge on any atom is -0.456 e. The SMILES string of the molecule is CC/C=C\C/C=C\C/C=C\C/C=C\C/C=C\C/C=C\CCCCCCC(=O)OC(/C=C\CCCCCCCCCCCCC)C(COP(=O)(O)OCC[N+](C)(C)C)NC(=O)CCCCCCCCCCCCC/C=C\C/C=C\C/C=C\C/C=C\C/C=C\CC. The topological polar surface area (TPSA) is 111 Å². The highest BCUT2D eigenvalue weighted by Crippen LogP contribution is 2.43. The number of esters is 1. The van der Waals surface area contributed by atoms with Crippen molar-refractivity contribution in [2.24, 2.45) is 0 Å². The second-order valence-electron chi connectivity index (χ2n) is 25.0. The molecule has 9 nitrogen and oxygen atoms in total. The minimum absolute atomic E-state index is 0.0277. The Labute approximate surface area is 548 Å². The van der Waals surface area contributed by atoms with Gasteiger partial charge in [0.05, 0.1) is 33.8 Å². The van der Waals surface area contributed by atoms with E-state index >= 15 is 0 Å². The van der Waals surface area contributed by atoms with Gasteiger partial charge in [-0.2, -0.15) is 0 Å². The van der Waals surface area contributed by atoms with E-state index in [1.807, 2.05) is 33.3 Å². The van der Waals surface area contributed by atoms with Gasteiger partial charge in [0, 0.05) is 12.8 Å². The number of quaternary nitrogens is 1. The van der Waals surface area contributed by atoms with Gasteiger partial charge in [0.1, 0.15) is 19.3 Å². The molecule has 2 N–H and O–H groups in total. The smallest absolute Gasteiger partial charge is 0.456 e. The van der Waals surface area contributed by atoms with Gasteiger partial charge in [0.15, 0.2) is 0 Å². The second kappa shape index (κ2) is 66.8. The Balaban J connectivity index is 5.16. The van der Waals surface area contributed by atoms with Crippen LogP contribution in [0, 0.1) is 0 Å². The van der Waals surface area contributed by atoms with Gasteiger partial charge in [-0.1, -0.05) is 295 Å². The molecule has 0 aromatic carbocycles. The number of phosphoric acid groups is 1. The van der Waals surface area contributed by atoms with Gasteiger partial charge < -0.3 is 19.4 Å². The molecule has 0 aliphatic rings. The summed E-state index contributed by atoms with van der Waals surface area (Å²) < 4.78 is 30.8. The van der Waals surface area contributed by atoms with Crippen LogP contribution in [-0.4, -0.2) is 74.3 Å². The molecule has 0 rings (SSSR count). The lowest BCUT2D eigenvalue weighted by Gasteiger charge is -2.27. The quantitative estimate of drug-likeness (QED) is 0.0205. The number of unbranched alkanes of at least 4 members (excludes halogenated alkanes) is 26. The predicted octanol–water partition coefficient (Wildman–Crippen LogP) is 23.3. The van der Waals surface area contributed by atoms with Crippen LogP contribution in [0.1, 0.15) is 290 Å². The van der Waals surface area contributed by atoms with Gasteiger partial charge in [-0.25, -0.2) is 4.57 Å². The number of nitrogens with zero attached hydrogens (tertiary/aromatic N) is 1. The number of ether oxygens (including phenoxy) is 1. The van der Waals surface area contributed by atoms with Crippen LogP contribution in [0.5, 0.6) is 0 Å². The molecule has 0 saturated heterocycles. The van der Waals surface area contributed by atoms with Crippen LogP contribution in [-0.2, 0) is 27.9 Å². The van der Waals surface area contributed by atoms with Crippen molar-refractivity contribution < 1.29 is 37.3 Å². The number of carbonyl (C=O) groups is 2. The Morgan fingerprint density at radius 3 is 1.08 bits per heavy atom. The lowest BCUT2D eigenvalue weighted by Crippen LogP contribution is -2.47. The molecular weight excluding hydrogens is 1120 g/mol. The Bertz CT molecular complexity index is 2030. The number of nitrogens with one attached hydrogen (secondary N) is 1. The number of hydrogen-bond acceptors (Lipinski definition) is 6. The first-order valence-corrected chi connectivity index (χ1v) is 37.7. The molecular formula is C79H136N2O7P+. The third-order valence-corrected chi connectivity index (χ3v) is 16.3. The highest BCUT2D eigenvalue weighted by Gasteiger charge is 2.30. The fourth-order valence-electron chi connectivity index (χ4n) is 9.79. The van der Waals surface area contributed by atoms with Crippen LogP contribution in [0.3, 0.4) is 0 Å². The zero-order valence-electron chi connectivity index (χ0n) is 58.1. The molecule has 0 saturated carbocycles. The number of phosphoric ester groups is 1. The highest BCUT2D eigenvalue weighted by atomic mass is 31.2. The van der Waals surface area contributed by atoms with Crippen molar-refractivity contribution in [3.05, 3.63) is 146 Å². The maximum absolute atomic E-state index is 13.6. The summed E-state index contributed by atoms with van der Waals surface area (Å²) in [6.45, 7) is 6.77. The average Bonchev–Trinajstić information content (AvgIpc) is 3.57. The predicted molar refractivity (Wildman–Crippen MR) is 387 cm³/mol. The third kappa shape index (κ3) is 68.1. The van der Waals surface area contributed by atoms with Gasteiger partial charge in [0.2, 0.25) is 5.91 Å². The van der Waals surface area contributed by atoms with Crippen LogP contribution in [0.4, 0.5) is 0 Å². The van der Waals surface area contributed by atoms with E-state index in [-0.39, 0.29) is 31.5 Å². The fraction of sp³-hybridized carbons (Fsp3) is 0.671. The van der Waals surface area contributed by atoms with Gasteiger partial charge >= 0.3 is 13.8 Å². The largest absolute Gasteiger partial charge is 0.472 e. The average molecular weight is 1260 g/mol. The number of carbonyl (C=O) groups excluding carboxylic acids is 2.